The Labute approximate surface area is 157 Å². The minimum absolute atomic E-state index is 0.0738. The topological polar surface area (TPSA) is 53.5 Å². The van der Waals surface area contributed by atoms with Gasteiger partial charge < -0.3 is 19.9 Å². The number of alkyl halides is 3. The van der Waals surface area contributed by atoms with Gasteiger partial charge in [-0.15, -0.1) is 0 Å². The lowest BCUT2D eigenvalue weighted by molar-refractivity contribution is -0.141. The van der Waals surface area contributed by atoms with Gasteiger partial charge in [0.1, 0.15) is 11.6 Å². The van der Waals surface area contributed by atoms with Crippen molar-refractivity contribution in [2.24, 2.45) is 0 Å². The summed E-state index contributed by atoms with van der Waals surface area (Å²) in [7, 11) is 8.61. The van der Waals surface area contributed by atoms with Crippen molar-refractivity contribution in [3.63, 3.8) is 0 Å². The SMILES string of the molecule is COc1ccccc1C(CNc1nc(N(C)C)cc(C(F)(F)F)n1)N(C)C. The standard InChI is InChI=1S/C18H24F3N5O/c1-25(2)13(12-8-6-7-9-14(12)27-5)11-22-17-23-15(18(19,20)21)10-16(24-17)26(3)4/h6-10,13H,11H2,1-5H3,(H,22,23,24). The van der Waals surface area contributed by atoms with Crippen molar-refractivity contribution in [3.8, 4) is 5.75 Å². The Balaban J connectivity index is 2.31. The van der Waals surface area contributed by atoms with E-state index in [0.717, 1.165) is 11.6 Å². The molecule has 0 spiro atoms. The number of aromatic nitrogens is 2. The monoisotopic (exact) mass is 383 g/mol. The minimum Gasteiger partial charge on any atom is -0.496 e. The third-order valence-corrected chi connectivity index (χ3v) is 4.04. The highest BCUT2D eigenvalue weighted by Gasteiger charge is 2.34. The fourth-order valence-corrected chi connectivity index (χ4v) is 2.59. The molecule has 1 aromatic heterocycles. The second-order valence-electron chi connectivity index (χ2n) is 6.43. The molecular weight excluding hydrogens is 359 g/mol. The number of nitrogens with zero attached hydrogens (tertiary/aromatic N) is 4. The van der Waals surface area contributed by atoms with Gasteiger partial charge in [0.25, 0.3) is 0 Å². The lowest BCUT2D eigenvalue weighted by Crippen LogP contribution is -2.28. The lowest BCUT2D eigenvalue weighted by Gasteiger charge is -2.27. The third-order valence-electron chi connectivity index (χ3n) is 4.04. The molecule has 1 aromatic carbocycles. The highest BCUT2D eigenvalue weighted by atomic mass is 19.4. The Morgan fingerprint density at radius 1 is 1.11 bits per heavy atom. The molecule has 0 amide bonds. The first-order valence-corrected chi connectivity index (χ1v) is 8.30. The van der Waals surface area contributed by atoms with Crippen LogP contribution in [0.5, 0.6) is 5.75 Å². The summed E-state index contributed by atoms with van der Waals surface area (Å²) in [6.45, 7) is 0.307. The van der Waals surface area contributed by atoms with Crippen LogP contribution in [0, 0.1) is 0 Å². The van der Waals surface area contributed by atoms with E-state index < -0.39 is 11.9 Å². The number of hydrogen-bond donors (Lipinski definition) is 1. The number of likely N-dealkylation sites (N-methyl/N-ethyl adjacent to an activating group) is 1. The Bertz CT molecular complexity index is 765. The Kier molecular flexibility index (Phi) is 6.48. The largest absolute Gasteiger partial charge is 0.496 e. The van der Waals surface area contributed by atoms with E-state index in [4.69, 9.17) is 4.74 Å². The molecule has 1 unspecified atom stereocenters. The van der Waals surface area contributed by atoms with Gasteiger partial charge in [-0.25, -0.2) is 4.98 Å². The maximum absolute atomic E-state index is 13.1. The molecule has 0 aliphatic heterocycles. The zero-order chi connectivity index (χ0) is 20.2. The molecule has 0 aliphatic carbocycles. The summed E-state index contributed by atoms with van der Waals surface area (Å²) in [5.74, 6) is 0.811. The van der Waals surface area contributed by atoms with E-state index in [1.807, 2.05) is 43.3 Å². The number of hydrogen-bond acceptors (Lipinski definition) is 6. The smallest absolute Gasteiger partial charge is 0.433 e. The van der Waals surface area contributed by atoms with Crippen LogP contribution in [0.1, 0.15) is 17.3 Å². The normalized spacial score (nSPS) is 12.8. The molecule has 9 heteroatoms. The number of nitrogens with one attached hydrogen (secondary N) is 1. The van der Waals surface area contributed by atoms with Crippen LogP contribution in [-0.2, 0) is 6.18 Å². The number of ether oxygens (including phenoxy) is 1. The van der Waals surface area contributed by atoms with Crippen LogP contribution in [0.2, 0.25) is 0 Å². The van der Waals surface area contributed by atoms with E-state index >= 15 is 0 Å². The number of benzene rings is 1. The average molecular weight is 383 g/mol. The van der Waals surface area contributed by atoms with Gasteiger partial charge in [-0.3, -0.25) is 0 Å². The average Bonchev–Trinajstić information content (AvgIpc) is 2.61. The summed E-state index contributed by atoms with van der Waals surface area (Å²) in [5.41, 5.74) is -0.0697. The first kappa shape index (κ1) is 20.8. The molecule has 0 radical (unpaired) electrons. The van der Waals surface area contributed by atoms with Gasteiger partial charge in [-0.05, 0) is 20.2 Å². The molecule has 1 atom stereocenters. The summed E-state index contributed by atoms with van der Waals surface area (Å²) >= 11 is 0. The van der Waals surface area contributed by atoms with Crippen LogP contribution >= 0.6 is 0 Å². The van der Waals surface area contributed by atoms with Crippen molar-refractivity contribution in [2.45, 2.75) is 12.2 Å². The van der Waals surface area contributed by atoms with Gasteiger partial charge in [0.05, 0.1) is 13.2 Å². The van der Waals surface area contributed by atoms with Crippen LogP contribution in [0.4, 0.5) is 24.9 Å². The second-order valence-corrected chi connectivity index (χ2v) is 6.43. The van der Waals surface area contributed by atoms with Crippen molar-refractivity contribution in [1.82, 2.24) is 14.9 Å². The van der Waals surface area contributed by atoms with Crippen molar-refractivity contribution < 1.29 is 17.9 Å². The molecule has 0 bridgehead atoms. The highest BCUT2D eigenvalue weighted by molar-refractivity contribution is 5.45. The number of methoxy groups -OCH3 is 1. The zero-order valence-corrected chi connectivity index (χ0v) is 16.0. The van der Waals surface area contributed by atoms with Crippen LogP contribution in [0.3, 0.4) is 0 Å². The number of rotatable bonds is 7. The Morgan fingerprint density at radius 2 is 1.78 bits per heavy atom. The highest BCUT2D eigenvalue weighted by Crippen LogP contribution is 2.31. The van der Waals surface area contributed by atoms with Crippen molar-refractivity contribution in [2.75, 3.05) is 52.1 Å². The molecular formula is C18H24F3N5O. The van der Waals surface area contributed by atoms with Gasteiger partial charge in [0.2, 0.25) is 5.95 Å². The number of para-hydroxylation sites is 1. The Hall–Kier alpha value is -2.55. The molecule has 1 N–H and O–H groups in total. The van der Waals surface area contributed by atoms with Gasteiger partial charge in [0, 0.05) is 32.3 Å². The fraction of sp³-hybridized carbons (Fsp3) is 0.444. The van der Waals surface area contributed by atoms with Crippen LogP contribution in [-0.4, -0.2) is 56.7 Å². The predicted octanol–water partition coefficient (Wildman–Crippen LogP) is 3.28. The van der Waals surface area contributed by atoms with E-state index in [0.29, 0.717) is 12.3 Å². The number of anilines is 2. The van der Waals surface area contributed by atoms with Gasteiger partial charge >= 0.3 is 6.18 Å². The predicted molar refractivity (Wildman–Crippen MR) is 99.3 cm³/mol. The fourth-order valence-electron chi connectivity index (χ4n) is 2.59. The van der Waals surface area contributed by atoms with Gasteiger partial charge in [-0.2, -0.15) is 18.2 Å². The summed E-state index contributed by atoms with van der Waals surface area (Å²) in [6.07, 6.45) is -4.55. The quantitative estimate of drug-likeness (QED) is 0.792. The van der Waals surface area contributed by atoms with Crippen molar-refractivity contribution in [1.29, 1.82) is 0 Å². The van der Waals surface area contributed by atoms with Crippen molar-refractivity contribution in [3.05, 3.63) is 41.6 Å². The van der Waals surface area contributed by atoms with Crippen LogP contribution in [0.15, 0.2) is 30.3 Å². The van der Waals surface area contributed by atoms with Gasteiger partial charge in [0.15, 0.2) is 5.69 Å². The van der Waals surface area contributed by atoms with Crippen LogP contribution in [0.25, 0.3) is 0 Å². The first-order valence-electron chi connectivity index (χ1n) is 8.30. The second kappa shape index (κ2) is 8.43. The summed E-state index contributed by atoms with van der Waals surface area (Å²) in [4.78, 5) is 11.3. The molecule has 27 heavy (non-hydrogen) atoms. The molecule has 1 heterocycles. The molecule has 0 saturated carbocycles. The third kappa shape index (κ3) is 5.22. The molecule has 6 nitrogen and oxygen atoms in total. The molecule has 0 saturated heterocycles. The minimum atomic E-state index is -4.55. The summed E-state index contributed by atoms with van der Waals surface area (Å²) in [5, 5.41) is 2.94. The van der Waals surface area contributed by atoms with E-state index in [1.54, 1.807) is 21.2 Å². The maximum Gasteiger partial charge on any atom is 0.433 e. The molecule has 0 fully saturated rings. The molecule has 2 rings (SSSR count). The maximum atomic E-state index is 13.1. The van der Waals surface area contributed by atoms with E-state index in [-0.39, 0.29) is 17.8 Å². The first-order chi connectivity index (χ1) is 12.6. The van der Waals surface area contributed by atoms with E-state index in [2.05, 4.69) is 15.3 Å². The van der Waals surface area contributed by atoms with E-state index in [1.165, 1.54) is 4.90 Å². The van der Waals surface area contributed by atoms with Crippen LogP contribution < -0.4 is 15.0 Å². The molecule has 2 aromatic rings. The number of halogens is 3. The molecule has 0 aliphatic rings. The molecule has 148 valence electrons. The summed E-state index contributed by atoms with van der Waals surface area (Å²) < 4.78 is 44.8. The van der Waals surface area contributed by atoms with E-state index in [9.17, 15) is 13.2 Å². The Morgan fingerprint density at radius 3 is 2.33 bits per heavy atom. The zero-order valence-electron chi connectivity index (χ0n) is 16.0. The summed E-state index contributed by atoms with van der Waals surface area (Å²) in [6, 6.07) is 8.29. The lowest BCUT2D eigenvalue weighted by atomic mass is 10.0. The van der Waals surface area contributed by atoms with Crippen molar-refractivity contribution >= 4 is 11.8 Å². The van der Waals surface area contributed by atoms with Gasteiger partial charge in [-0.1, -0.05) is 18.2 Å².